The number of likely N-dealkylation sites (N-methyl/N-ethyl adjacent to an activating group) is 1. The van der Waals surface area contributed by atoms with E-state index in [-0.39, 0.29) is 5.91 Å². The van der Waals surface area contributed by atoms with Crippen molar-refractivity contribution in [3.63, 3.8) is 0 Å². The number of carbonyl (C=O) groups excluding carboxylic acids is 1. The van der Waals surface area contributed by atoms with Crippen LogP contribution in [0.1, 0.15) is 19.8 Å². The Hall–Kier alpha value is -0.870. The van der Waals surface area contributed by atoms with Gasteiger partial charge in [0.1, 0.15) is 0 Å². The molecule has 2 N–H and O–H groups in total. The summed E-state index contributed by atoms with van der Waals surface area (Å²) in [6.45, 7) is 10.6. The van der Waals surface area contributed by atoms with Crippen LogP contribution in [0.5, 0.6) is 0 Å². The molecule has 17 heavy (non-hydrogen) atoms. The Morgan fingerprint density at radius 1 is 1.41 bits per heavy atom. The molecule has 1 fully saturated rings. The molecule has 0 radical (unpaired) electrons. The number of nitrogens with zero attached hydrogens (tertiary/aromatic N) is 1. The van der Waals surface area contributed by atoms with Gasteiger partial charge < -0.3 is 10.6 Å². The number of amides is 1. The zero-order chi connectivity index (χ0) is 12.7. The largest absolute Gasteiger partial charge is 0.356 e. The average Bonchev–Trinajstić information content (AvgIpc) is 2.28. The number of carbonyl (C=O) groups is 1. The van der Waals surface area contributed by atoms with Crippen LogP contribution in [0.3, 0.4) is 0 Å². The number of likely N-dealkylation sites (tertiary alicyclic amines) is 1. The molecule has 0 aromatic carbocycles. The van der Waals surface area contributed by atoms with Crippen LogP contribution in [-0.2, 0) is 4.79 Å². The Balaban J connectivity index is 2.17. The van der Waals surface area contributed by atoms with Crippen LogP contribution >= 0.6 is 0 Å². The number of hydrogen-bond acceptors (Lipinski definition) is 3. The van der Waals surface area contributed by atoms with Crippen molar-refractivity contribution in [2.45, 2.75) is 19.8 Å². The van der Waals surface area contributed by atoms with Crippen molar-refractivity contribution in [3.8, 4) is 0 Å². The van der Waals surface area contributed by atoms with Crippen LogP contribution < -0.4 is 10.6 Å². The van der Waals surface area contributed by atoms with E-state index in [1.807, 2.05) is 7.05 Å². The Kier molecular flexibility index (Phi) is 6.22. The average molecular weight is 239 g/mol. The summed E-state index contributed by atoms with van der Waals surface area (Å²) in [4.78, 5) is 13.3. The van der Waals surface area contributed by atoms with Gasteiger partial charge in [0.25, 0.3) is 0 Å². The molecule has 1 heterocycles. The Labute approximate surface area is 104 Å². The Bertz CT molecular complexity index is 257. The lowest BCUT2D eigenvalue weighted by Gasteiger charge is -2.32. The summed E-state index contributed by atoms with van der Waals surface area (Å²) in [6.07, 6.45) is 2.35. The molecule has 0 aliphatic carbocycles. The van der Waals surface area contributed by atoms with Crippen molar-refractivity contribution >= 4 is 5.91 Å². The van der Waals surface area contributed by atoms with Crippen LogP contribution in [0.15, 0.2) is 12.2 Å². The summed E-state index contributed by atoms with van der Waals surface area (Å²) in [5.41, 5.74) is 1.24. The van der Waals surface area contributed by atoms with Crippen molar-refractivity contribution in [2.24, 2.45) is 5.92 Å². The molecule has 1 amide bonds. The van der Waals surface area contributed by atoms with Gasteiger partial charge in [-0.1, -0.05) is 6.58 Å². The van der Waals surface area contributed by atoms with Crippen molar-refractivity contribution in [2.75, 3.05) is 39.8 Å². The predicted octanol–water partition coefficient (Wildman–Crippen LogP) is 0.610. The van der Waals surface area contributed by atoms with Gasteiger partial charge in [-0.25, -0.2) is 0 Å². The molecule has 0 unspecified atom stereocenters. The smallest absolute Gasteiger partial charge is 0.216 e. The summed E-state index contributed by atoms with van der Waals surface area (Å²) in [6, 6.07) is 0. The minimum Gasteiger partial charge on any atom is -0.356 e. The van der Waals surface area contributed by atoms with Gasteiger partial charge in [-0.05, 0) is 44.5 Å². The molecular formula is C13H25N3O. The second-order valence-electron chi connectivity index (χ2n) is 4.94. The van der Waals surface area contributed by atoms with Gasteiger partial charge in [-0.3, -0.25) is 9.69 Å². The third kappa shape index (κ3) is 5.84. The molecule has 0 bridgehead atoms. The maximum Gasteiger partial charge on any atom is 0.216 e. The van der Waals surface area contributed by atoms with Gasteiger partial charge in [0.15, 0.2) is 0 Å². The Morgan fingerprint density at radius 3 is 2.59 bits per heavy atom. The van der Waals surface area contributed by atoms with E-state index >= 15 is 0 Å². The molecule has 1 aliphatic heterocycles. The zero-order valence-electron chi connectivity index (χ0n) is 11.1. The van der Waals surface area contributed by atoms with E-state index in [9.17, 15) is 4.79 Å². The van der Waals surface area contributed by atoms with Gasteiger partial charge in [-0.2, -0.15) is 0 Å². The van der Waals surface area contributed by atoms with Gasteiger partial charge >= 0.3 is 0 Å². The normalized spacial score (nSPS) is 18.0. The van der Waals surface area contributed by atoms with Crippen LogP contribution in [0, 0.1) is 5.92 Å². The van der Waals surface area contributed by atoms with Crippen molar-refractivity contribution in [1.82, 2.24) is 15.5 Å². The molecule has 1 rings (SSSR count). The number of hydrogen-bond donors (Lipinski definition) is 2. The first-order chi connectivity index (χ1) is 8.11. The third-order valence-corrected chi connectivity index (χ3v) is 3.22. The summed E-state index contributed by atoms with van der Waals surface area (Å²) >= 11 is 0. The fourth-order valence-corrected chi connectivity index (χ4v) is 2.26. The number of rotatable bonds is 6. The van der Waals surface area contributed by atoms with E-state index < -0.39 is 0 Å². The number of nitrogens with one attached hydrogen (secondary N) is 2. The van der Waals surface area contributed by atoms with Crippen LogP contribution in [0.4, 0.5) is 0 Å². The predicted molar refractivity (Wildman–Crippen MR) is 70.9 cm³/mol. The van der Waals surface area contributed by atoms with Crippen molar-refractivity contribution < 1.29 is 4.79 Å². The molecular weight excluding hydrogens is 214 g/mol. The van der Waals surface area contributed by atoms with E-state index in [1.54, 1.807) is 6.92 Å². The molecule has 1 saturated heterocycles. The second-order valence-corrected chi connectivity index (χ2v) is 4.94. The van der Waals surface area contributed by atoms with E-state index in [0.29, 0.717) is 5.92 Å². The topological polar surface area (TPSA) is 44.4 Å². The monoisotopic (exact) mass is 239 g/mol. The molecule has 0 aromatic rings. The summed E-state index contributed by atoms with van der Waals surface area (Å²) in [7, 11) is 1.95. The maximum atomic E-state index is 10.8. The highest BCUT2D eigenvalue weighted by molar-refractivity contribution is 5.72. The minimum absolute atomic E-state index is 0.0785. The Morgan fingerprint density at radius 2 is 2.06 bits per heavy atom. The molecule has 0 atom stereocenters. The SMILES string of the molecule is C=C(CNC)CN1CCC(CNC(C)=O)CC1. The number of piperidine rings is 1. The quantitative estimate of drug-likeness (QED) is 0.668. The zero-order valence-corrected chi connectivity index (χ0v) is 11.1. The first-order valence-electron chi connectivity index (χ1n) is 6.40. The van der Waals surface area contributed by atoms with Crippen LogP contribution in [0.25, 0.3) is 0 Å². The first-order valence-corrected chi connectivity index (χ1v) is 6.40. The standard InChI is InChI=1S/C13H25N3O/c1-11(8-14-3)10-16-6-4-13(5-7-16)9-15-12(2)17/h13-14H,1,4-10H2,2-3H3,(H,15,17). The van der Waals surface area contributed by atoms with Gasteiger partial charge in [0, 0.05) is 26.6 Å². The fraction of sp³-hybridized carbons (Fsp3) is 0.769. The molecule has 0 saturated carbocycles. The summed E-state index contributed by atoms with van der Waals surface area (Å²) in [5, 5.41) is 6.03. The highest BCUT2D eigenvalue weighted by Crippen LogP contribution is 2.16. The molecule has 4 nitrogen and oxygen atoms in total. The molecule has 0 aromatic heterocycles. The first kappa shape index (κ1) is 14.2. The van der Waals surface area contributed by atoms with E-state index in [2.05, 4.69) is 22.1 Å². The molecule has 4 heteroatoms. The highest BCUT2D eigenvalue weighted by atomic mass is 16.1. The lowest BCUT2D eigenvalue weighted by atomic mass is 9.96. The lowest BCUT2D eigenvalue weighted by Crippen LogP contribution is -2.39. The van der Waals surface area contributed by atoms with Crippen LogP contribution in [-0.4, -0.2) is 50.6 Å². The van der Waals surface area contributed by atoms with Crippen molar-refractivity contribution in [1.29, 1.82) is 0 Å². The lowest BCUT2D eigenvalue weighted by molar-refractivity contribution is -0.119. The highest BCUT2D eigenvalue weighted by Gasteiger charge is 2.19. The third-order valence-electron chi connectivity index (χ3n) is 3.22. The van der Waals surface area contributed by atoms with Gasteiger partial charge in [0.2, 0.25) is 5.91 Å². The molecule has 1 aliphatic rings. The van der Waals surface area contributed by atoms with Crippen molar-refractivity contribution in [3.05, 3.63) is 12.2 Å². The van der Waals surface area contributed by atoms with E-state index in [1.165, 1.54) is 18.4 Å². The van der Waals surface area contributed by atoms with Crippen LogP contribution in [0.2, 0.25) is 0 Å². The maximum absolute atomic E-state index is 10.8. The molecule has 98 valence electrons. The summed E-state index contributed by atoms with van der Waals surface area (Å²) < 4.78 is 0. The van der Waals surface area contributed by atoms with E-state index in [0.717, 1.165) is 32.7 Å². The molecule has 0 spiro atoms. The van der Waals surface area contributed by atoms with Gasteiger partial charge in [-0.15, -0.1) is 0 Å². The van der Waals surface area contributed by atoms with E-state index in [4.69, 9.17) is 0 Å². The fourth-order valence-electron chi connectivity index (χ4n) is 2.26. The van der Waals surface area contributed by atoms with Gasteiger partial charge in [0.05, 0.1) is 0 Å². The second kappa shape index (κ2) is 7.45. The summed E-state index contributed by atoms with van der Waals surface area (Å²) in [5.74, 6) is 0.725. The minimum atomic E-state index is 0.0785.